The smallest absolute Gasteiger partial charge is 0.221 e. The lowest BCUT2D eigenvalue weighted by molar-refractivity contribution is -0.121. The van der Waals surface area contributed by atoms with Crippen LogP contribution >= 0.6 is 0 Å². The molecule has 5 nitrogen and oxygen atoms in total. The van der Waals surface area contributed by atoms with Crippen LogP contribution in [0.3, 0.4) is 0 Å². The van der Waals surface area contributed by atoms with E-state index in [1.807, 2.05) is 31.2 Å². The van der Waals surface area contributed by atoms with Crippen molar-refractivity contribution in [2.24, 2.45) is 0 Å². The van der Waals surface area contributed by atoms with Crippen LogP contribution in [-0.2, 0) is 4.79 Å². The Morgan fingerprint density at radius 2 is 2.09 bits per heavy atom. The molecule has 0 unspecified atom stereocenters. The van der Waals surface area contributed by atoms with Gasteiger partial charge in [0.15, 0.2) is 0 Å². The van der Waals surface area contributed by atoms with Crippen molar-refractivity contribution in [3.8, 4) is 0 Å². The Kier molecular flexibility index (Phi) is 4.74. The summed E-state index contributed by atoms with van der Waals surface area (Å²) < 4.78 is 0. The summed E-state index contributed by atoms with van der Waals surface area (Å²) in [4.78, 5) is 21.2. The van der Waals surface area contributed by atoms with Crippen molar-refractivity contribution in [2.75, 3.05) is 11.9 Å². The Morgan fingerprint density at radius 1 is 1.30 bits per heavy atom. The fraction of sp³-hybridized carbons (Fsp3) is 0.500. The van der Waals surface area contributed by atoms with Gasteiger partial charge in [-0.3, -0.25) is 4.79 Å². The van der Waals surface area contributed by atoms with Crippen molar-refractivity contribution in [2.45, 2.75) is 51.5 Å². The van der Waals surface area contributed by atoms with E-state index in [1.54, 1.807) is 0 Å². The average Bonchev–Trinajstić information content (AvgIpc) is 3.39. The van der Waals surface area contributed by atoms with Crippen molar-refractivity contribution in [1.82, 2.24) is 15.3 Å². The molecule has 0 radical (unpaired) electrons. The molecule has 1 saturated carbocycles. The van der Waals surface area contributed by atoms with Crippen molar-refractivity contribution >= 4 is 22.6 Å². The predicted molar refractivity (Wildman–Crippen MR) is 92.5 cm³/mol. The molecule has 23 heavy (non-hydrogen) atoms. The number of carbonyl (C=O) groups excluding carboxylic acids is 1. The highest BCUT2D eigenvalue weighted by Gasteiger charge is 2.27. The van der Waals surface area contributed by atoms with E-state index in [0.717, 1.165) is 29.0 Å². The lowest BCUT2D eigenvalue weighted by atomic mass is 10.2. The molecule has 5 heteroatoms. The zero-order chi connectivity index (χ0) is 16.2. The van der Waals surface area contributed by atoms with Gasteiger partial charge in [-0.25, -0.2) is 9.97 Å². The topological polar surface area (TPSA) is 66.9 Å². The number of aromatic nitrogens is 2. The fourth-order valence-corrected chi connectivity index (χ4v) is 2.50. The van der Waals surface area contributed by atoms with Crippen molar-refractivity contribution in [1.29, 1.82) is 0 Å². The minimum atomic E-state index is 0.0765. The van der Waals surface area contributed by atoms with Crippen LogP contribution in [0.25, 0.3) is 10.9 Å². The predicted octanol–water partition coefficient (Wildman–Crippen LogP) is 3.22. The molecular weight excluding hydrogens is 288 g/mol. The molecule has 1 aliphatic rings. The monoisotopic (exact) mass is 312 g/mol. The van der Waals surface area contributed by atoms with E-state index in [-0.39, 0.29) is 11.9 Å². The molecule has 3 rings (SSSR count). The first-order valence-corrected chi connectivity index (χ1v) is 8.47. The Balaban J connectivity index is 1.68. The van der Waals surface area contributed by atoms with E-state index in [4.69, 9.17) is 0 Å². The first kappa shape index (κ1) is 15.7. The number of rotatable bonds is 7. The summed E-state index contributed by atoms with van der Waals surface area (Å²) in [5.41, 5.74) is 0.968. The van der Waals surface area contributed by atoms with Gasteiger partial charge in [0.1, 0.15) is 11.6 Å². The van der Waals surface area contributed by atoms with Gasteiger partial charge in [0.2, 0.25) is 5.91 Å². The third-order valence-electron chi connectivity index (χ3n) is 4.23. The number of para-hydroxylation sites is 1. The molecule has 1 aromatic heterocycles. The Labute approximate surface area is 136 Å². The number of amides is 1. The van der Waals surface area contributed by atoms with Crippen molar-refractivity contribution < 1.29 is 4.79 Å². The summed E-state index contributed by atoms with van der Waals surface area (Å²) in [5.74, 6) is 2.35. The third kappa shape index (κ3) is 3.97. The standard InChI is InChI=1S/C18H24N4O/c1-3-12(2)20-16(23)10-11-19-18-14-6-4-5-7-15(14)21-17(22-18)13-8-9-13/h4-7,12-13H,3,8-11H2,1-2H3,(H,20,23)(H,19,21,22)/t12-/m0/s1. The van der Waals surface area contributed by atoms with Crippen LogP contribution in [0.5, 0.6) is 0 Å². The van der Waals surface area contributed by atoms with Gasteiger partial charge in [-0.15, -0.1) is 0 Å². The summed E-state index contributed by atoms with van der Waals surface area (Å²) in [6.45, 7) is 4.66. The molecule has 0 spiro atoms. The van der Waals surface area contributed by atoms with Gasteiger partial charge in [0.25, 0.3) is 0 Å². The zero-order valence-corrected chi connectivity index (χ0v) is 13.8. The minimum Gasteiger partial charge on any atom is -0.369 e. The highest BCUT2D eigenvalue weighted by molar-refractivity contribution is 5.89. The minimum absolute atomic E-state index is 0.0765. The van der Waals surface area contributed by atoms with Gasteiger partial charge in [0, 0.05) is 30.3 Å². The molecule has 0 saturated heterocycles. The summed E-state index contributed by atoms with van der Waals surface area (Å²) in [6.07, 6.45) is 3.74. The fourth-order valence-electron chi connectivity index (χ4n) is 2.50. The van der Waals surface area contributed by atoms with E-state index < -0.39 is 0 Å². The van der Waals surface area contributed by atoms with Crippen LogP contribution in [-0.4, -0.2) is 28.5 Å². The quantitative estimate of drug-likeness (QED) is 0.824. The molecule has 1 heterocycles. The van der Waals surface area contributed by atoms with E-state index in [0.29, 0.717) is 18.9 Å². The second kappa shape index (κ2) is 6.94. The second-order valence-electron chi connectivity index (χ2n) is 6.28. The van der Waals surface area contributed by atoms with E-state index in [9.17, 15) is 4.79 Å². The number of nitrogens with one attached hydrogen (secondary N) is 2. The first-order chi connectivity index (χ1) is 11.2. The van der Waals surface area contributed by atoms with Crippen LogP contribution in [0, 0.1) is 0 Å². The maximum absolute atomic E-state index is 11.9. The summed E-state index contributed by atoms with van der Waals surface area (Å²) >= 11 is 0. The Morgan fingerprint density at radius 3 is 2.83 bits per heavy atom. The molecule has 1 amide bonds. The molecule has 2 aromatic rings. The summed E-state index contributed by atoms with van der Waals surface area (Å²) in [7, 11) is 0. The van der Waals surface area contributed by atoms with Crippen LogP contribution < -0.4 is 10.6 Å². The third-order valence-corrected chi connectivity index (χ3v) is 4.23. The number of hydrogen-bond acceptors (Lipinski definition) is 4. The number of benzene rings is 1. The normalized spacial score (nSPS) is 15.4. The number of nitrogens with zero attached hydrogens (tertiary/aromatic N) is 2. The van der Waals surface area contributed by atoms with Gasteiger partial charge >= 0.3 is 0 Å². The molecule has 1 aromatic carbocycles. The van der Waals surface area contributed by atoms with Gasteiger partial charge in [-0.1, -0.05) is 19.1 Å². The zero-order valence-electron chi connectivity index (χ0n) is 13.8. The van der Waals surface area contributed by atoms with Gasteiger partial charge in [-0.05, 0) is 38.3 Å². The Hall–Kier alpha value is -2.17. The van der Waals surface area contributed by atoms with Crippen molar-refractivity contribution in [3.63, 3.8) is 0 Å². The van der Waals surface area contributed by atoms with Gasteiger partial charge < -0.3 is 10.6 Å². The average molecular weight is 312 g/mol. The van der Waals surface area contributed by atoms with Crippen LogP contribution in [0.1, 0.15) is 51.3 Å². The molecule has 122 valence electrons. The molecular formula is C18H24N4O. The van der Waals surface area contributed by atoms with Gasteiger partial charge in [-0.2, -0.15) is 0 Å². The highest BCUT2D eigenvalue weighted by atomic mass is 16.1. The lowest BCUT2D eigenvalue weighted by Crippen LogP contribution is -2.33. The molecule has 1 atom stereocenters. The van der Waals surface area contributed by atoms with Crippen molar-refractivity contribution in [3.05, 3.63) is 30.1 Å². The number of hydrogen-bond donors (Lipinski definition) is 2. The number of anilines is 1. The first-order valence-electron chi connectivity index (χ1n) is 8.47. The van der Waals surface area contributed by atoms with E-state index in [2.05, 4.69) is 27.5 Å². The molecule has 2 N–H and O–H groups in total. The van der Waals surface area contributed by atoms with Crippen LogP contribution in [0.4, 0.5) is 5.82 Å². The van der Waals surface area contributed by atoms with Crippen LogP contribution in [0.2, 0.25) is 0 Å². The lowest BCUT2D eigenvalue weighted by Gasteiger charge is -2.13. The summed E-state index contributed by atoms with van der Waals surface area (Å²) in [6, 6.07) is 8.25. The second-order valence-corrected chi connectivity index (χ2v) is 6.28. The Bertz CT molecular complexity index is 696. The largest absolute Gasteiger partial charge is 0.369 e. The van der Waals surface area contributed by atoms with Gasteiger partial charge in [0.05, 0.1) is 5.52 Å². The highest BCUT2D eigenvalue weighted by Crippen LogP contribution is 2.39. The molecule has 1 fully saturated rings. The maximum Gasteiger partial charge on any atom is 0.221 e. The van der Waals surface area contributed by atoms with E-state index in [1.165, 1.54) is 12.8 Å². The molecule has 1 aliphatic carbocycles. The number of fused-ring (bicyclic) bond motifs is 1. The summed E-state index contributed by atoms with van der Waals surface area (Å²) in [5, 5.41) is 7.32. The van der Waals surface area contributed by atoms with E-state index >= 15 is 0 Å². The maximum atomic E-state index is 11.9. The molecule has 0 aliphatic heterocycles. The molecule has 0 bridgehead atoms. The number of carbonyl (C=O) groups is 1. The van der Waals surface area contributed by atoms with Crippen LogP contribution in [0.15, 0.2) is 24.3 Å². The SMILES string of the molecule is CC[C@H](C)NC(=O)CCNc1nc(C2CC2)nc2ccccc12.